The summed E-state index contributed by atoms with van der Waals surface area (Å²) in [5.74, 6) is -0.551. The number of hydrogen-bond donors (Lipinski definition) is 2. The minimum atomic E-state index is -0.580. The van der Waals surface area contributed by atoms with Gasteiger partial charge in [0.2, 0.25) is 0 Å². The summed E-state index contributed by atoms with van der Waals surface area (Å²) in [6.45, 7) is 0. The third-order valence-electron chi connectivity index (χ3n) is 2.54. The Morgan fingerprint density at radius 2 is 1.84 bits per heavy atom. The standard InChI is InChI=1S/C13H11BrF2N2O/c1-19-7-2-3-12(11(17)4-7)18-13-6-9(15)8(14)5-10(13)16/h2-6,18H,17H2,1H3. The van der Waals surface area contributed by atoms with E-state index in [-0.39, 0.29) is 10.2 Å². The maximum absolute atomic E-state index is 13.7. The van der Waals surface area contributed by atoms with E-state index in [9.17, 15) is 8.78 Å². The van der Waals surface area contributed by atoms with Gasteiger partial charge < -0.3 is 15.8 Å². The third kappa shape index (κ3) is 2.96. The van der Waals surface area contributed by atoms with Crippen LogP contribution in [0, 0.1) is 11.6 Å². The van der Waals surface area contributed by atoms with Gasteiger partial charge in [-0.05, 0) is 34.1 Å². The first-order valence-electron chi connectivity index (χ1n) is 5.36. The van der Waals surface area contributed by atoms with E-state index < -0.39 is 11.6 Å². The van der Waals surface area contributed by atoms with E-state index in [0.29, 0.717) is 17.1 Å². The minimum Gasteiger partial charge on any atom is -0.497 e. The Kier molecular flexibility index (Phi) is 3.90. The molecule has 3 N–H and O–H groups in total. The molecule has 0 heterocycles. The van der Waals surface area contributed by atoms with Gasteiger partial charge in [0.25, 0.3) is 0 Å². The predicted octanol–water partition coefficient (Wildman–Crippen LogP) is 4.06. The molecule has 0 fully saturated rings. The van der Waals surface area contributed by atoms with Gasteiger partial charge in [-0.3, -0.25) is 0 Å². The molecule has 2 aromatic carbocycles. The number of ether oxygens (including phenoxy) is 1. The summed E-state index contributed by atoms with van der Waals surface area (Å²) in [4.78, 5) is 0. The fourth-order valence-corrected chi connectivity index (χ4v) is 1.86. The first-order valence-corrected chi connectivity index (χ1v) is 6.15. The van der Waals surface area contributed by atoms with E-state index in [2.05, 4.69) is 21.2 Å². The molecule has 0 radical (unpaired) electrons. The van der Waals surface area contributed by atoms with Crippen LogP contribution in [0.4, 0.5) is 25.8 Å². The SMILES string of the molecule is COc1ccc(Nc2cc(F)c(Br)cc2F)c(N)c1. The number of nitrogen functional groups attached to an aromatic ring is 1. The van der Waals surface area contributed by atoms with Crippen LogP contribution in [0.1, 0.15) is 0 Å². The normalized spacial score (nSPS) is 10.3. The zero-order valence-electron chi connectivity index (χ0n) is 10.0. The van der Waals surface area contributed by atoms with Crippen molar-refractivity contribution < 1.29 is 13.5 Å². The highest BCUT2D eigenvalue weighted by molar-refractivity contribution is 9.10. The van der Waals surface area contributed by atoms with Crippen LogP contribution in [0.5, 0.6) is 5.75 Å². The minimum absolute atomic E-state index is 0.0116. The Morgan fingerprint density at radius 1 is 1.11 bits per heavy atom. The van der Waals surface area contributed by atoms with Crippen molar-refractivity contribution in [2.24, 2.45) is 0 Å². The second kappa shape index (κ2) is 5.44. The lowest BCUT2D eigenvalue weighted by atomic mass is 10.2. The van der Waals surface area contributed by atoms with Crippen LogP contribution < -0.4 is 15.8 Å². The molecule has 0 spiro atoms. The van der Waals surface area contributed by atoms with Crippen LogP contribution in [0.15, 0.2) is 34.8 Å². The summed E-state index contributed by atoms with van der Waals surface area (Å²) in [5, 5.41) is 2.74. The van der Waals surface area contributed by atoms with Crippen molar-refractivity contribution in [1.29, 1.82) is 0 Å². The topological polar surface area (TPSA) is 47.3 Å². The average molecular weight is 329 g/mol. The lowest BCUT2D eigenvalue weighted by molar-refractivity contribution is 0.415. The third-order valence-corrected chi connectivity index (χ3v) is 3.15. The summed E-state index contributed by atoms with van der Waals surface area (Å²) in [6.07, 6.45) is 0. The van der Waals surface area contributed by atoms with E-state index in [1.54, 1.807) is 18.2 Å². The first kappa shape index (κ1) is 13.6. The summed E-state index contributed by atoms with van der Waals surface area (Å²) in [5.41, 5.74) is 6.66. The second-order valence-corrected chi connectivity index (χ2v) is 4.68. The molecule has 6 heteroatoms. The Hall–Kier alpha value is -1.82. The Labute approximate surface area is 117 Å². The molecule has 0 unspecified atom stereocenters. The molecule has 100 valence electrons. The highest BCUT2D eigenvalue weighted by Crippen LogP contribution is 2.30. The molecule has 0 aliphatic heterocycles. The molecule has 19 heavy (non-hydrogen) atoms. The zero-order chi connectivity index (χ0) is 14.0. The van der Waals surface area contributed by atoms with E-state index >= 15 is 0 Å². The molecular weight excluding hydrogens is 318 g/mol. The lowest BCUT2D eigenvalue weighted by Crippen LogP contribution is -1.99. The van der Waals surface area contributed by atoms with Crippen LogP contribution in [0.25, 0.3) is 0 Å². The van der Waals surface area contributed by atoms with Crippen molar-refractivity contribution in [3.05, 3.63) is 46.4 Å². The van der Waals surface area contributed by atoms with Gasteiger partial charge in [-0.2, -0.15) is 0 Å². The smallest absolute Gasteiger partial charge is 0.147 e. The van der Waals surface area contributed by atoms with Gasteiger partial charge in [0.15, 0.2) is 0 Å². The first-order chi connectivity index (χ1) is 9.01. The number of rotatable bonds is 3. The maximum atomic E-state index is 13.7. The number of halogens is 3. The largest absolute Gasteiger partial charge is 0.497 e. The number of nitrogens with one attached hydrogen (secondary N) is 1. The van der Waals surface area contributed by atoms with Crippen molar-refractivity contribution in [2.75, 3.05) is 18.2 Å². The average Bonchev–Trinajstić information content (AvgIpc) is 2.38. The van der Waals surface area contributed by atoms with E-state index in [0.717, 1.165) is 12.1 Å². The number of methoxy groups -OCH3 is 1. The van der Waals surface area contributed by atoms with Gasteiger partial charge in [0.1, 0.15) is 17.4 Å². The summed E-state index contributed by atoms with van der Waals surface area (Å²) in [7, 11) is 1.52. The summed E-state index contributed by atoms with van der Waals surface area (Å²) < 4.78 is 32.1. The van der Waals surface area contributed by atoms with Crippen LogP contribution in [0.3, 0.4) is 0 Å². The van der Waals surface area contributed by atoms with Crippen LogP contribution >= 0.6 is 15.9 Å². The van der Waals surface area contributed by atoms with Gasteiger partial charge >= 0.3 is 0 Å². The molecular formula is C13H11BrF2N2O. The Bertz CT molecular complexity index is 620. The molecule has 0 aliphatic carbocycles. The maximum Gasteiger partial charge on any atom is 0.147 e. The molecule has 0 amide bonds. The number of hydrogen-bond acceptors (Lipinski definition) is 3. The molecule has 0 atom stereocenters. The quantitative estimate of drug-likeness (QED) is 0.659. The molecule has 0 aromatic heterocycles. The summed E-state index contributed by atoms with van der Waals surface area (Å²) in [6, 6.07) is 7.01. The highest BCUT2D eigenvalue weighted by atomic mass is 79.9. The van der Waals surface area contributed by atoms with Crippen LogP contribution in [-0.4, -0.2) is 7.11 Å². The Morgan fingerprint density at radius 3 is 2.47 bits per heavy atom. The van der Waals surface area contributed by atoms with E-state index in [1.807, 2.05) is 0 Å². The van der Waals surface area contributed by atoms with Gasteiger partial charge in [-0.15, -0.1) is 0 Å². The molecule has 3 nitrogen and oxygen atoms in total. The summed E-state index contributed by atoms with van der Waals surface area (Å²) >= 11 is 2.91. The Balaban J connectivity index is 2.33. The lowest BCUT2D eigenvalue weighted by Gasteiger charge is -2.12. The molecule has 2 aromatic rings. The van der Waals surface area contributed by atoms with Crippen LogP contribution in [-0.2, 0) is 0 Å². The van der Waals surface area contributed by atoms with Gasteiger partial charge in [0, 0.05) is 12.1 Å². The molecule has 0 saturated carbocycles. The molecule has 0 bridgehead atoms. The fourth-order valence-electron chi connectivity index (χ4n) is 1.55. The van der Waals surface area contributed by atoms with Crippen molar-refractivity contribution in [1.82, 2.24) is 0 Å². The highest BCUT2D eigenvalue weighted by Gasteiger charge is 2.10. The fraction of sp³-hybridized carbons (Fsp3) is 0.0769. The van der Waals surface area contributed by atoms with Gasteiger partial charge in [-0.1, -0.05) is 0 Å². The molecule has 0 aliphatic rings. The van der Waals surface area contributed by atoms with Crippen molar-refractivity contribution in [3.8, 4) is 5.75 Å². The van der Waals surface area contributed by atoms with Gasteiger partial charge in [0.05, 0.1) is 28.6 Å². The van der Waals surface area contributed by atoms with E-state index in [1.165, 1.54) is 7.11 Å². The van der Waals surface area contributed by atoms with Crippen molar-refractivity contribution in [2.45, 2.75) is 0 Å². The predicted molar refractivity (Wildman–Crippen MR) is 74.7 cm³/mol. The zero-order valence-corrected chi connectivity index (χ0v) is 11.6. The van der Waals surface area contributed by atoms with Gasteiger partial charge in [-0.25, -0.2) is 8.78 Å². The number of benzene rings is 2. The monoisotopic (exact) mass is 328 g/mol. The molecule has 0 saturated heterocycles. The number of nitrogens with two attached hydrogens (primary N) is 1. The second-order valence-electron chi connectivity index (χ2n) is 3.82. The van der Waals surface area contributed by atoms with Crippen LogP contribution in [0.2, 0.25) is 0 Å². The molecule has 2 rings (SSSR count). The van der Waals surface area contributed by atoms with E-state index in [4.69, 9.17) is 10.5 Å². The van der Waals surface area contributed by atoms with Crippen molar-refractivity contribution in [3.63, 3.8) is 0 Å². The van der Waals surface area contributed by atoms with Crippen molar-refractivity contribution >= 4 is 33.0 Å². The number of anilines is 3.